The number of carbonyl (C=O) groups excluding carboxylic acids is 2. The van der Waals surface area contributed by atoms with Crippen molar-refractivity contribution in [1.29, 1.82) is 0 Å². The molecule has 0 aliphatic heterocycles. The first-order valence-electron chi connectivity index (χ1n) is 9.48. The number of hydrogen-bond donors (Lipinski definition) is 2. The number of anilines is 1. The second-order valence-corrected chi connectivity index (χ2v) is 7.52. The van der Waals surface area contributed by atoms with Crippen LogP contribution >= 0.6 is 0 Å². The standard InChI is InChI=1S/C22H26N4O2/c1-13(2)16-10-8-9-15(5)18(16)25-21(27)19-17-11-6-7-12-26(17)20(24-19)22(28)23-14(3)4/h6-14H,1-5H3,(H,23,28)(H,25,27). The summed E-state index contributed by atoms with van der Waals surface area (Å²) in [5.74, 6) is -0.179. The molecule has 0 spiro atoms. The van der Waals surface area contributed by atoms with Crippen molar-refractivity contribution in [3.8, 4) is 0 Å². The molecule has 2 aromatic heterocycles. The highest BCUT2D eigenvalue weighted by Crippen LogP contribution is 2.28. The summed E-state index contributed by atoms with van der Waals surface area (Å²) >= 11 is 0. The molecule has 146 valence electrons. The summed E-state index contributed by atoms with van der Waals surface area (Å²) < 4.78 is 1.65. The average molecular weight is 378 g/mol. The highest BCUT2D eigenvalue weighted by atomic mass is 16.2. The molecule has 28 heavy (non-hydrogen) atoms. The van der Waals surface area contributed by atoms with Gasteiger partial charge in [-0.05, 0) is 49.9 Å². The van der Waals surface area contributed by atoms with Crippen LogP contribution in [0.2, 0.25) is 0 Å². The minimum atomic E-state index is -0.330. The van der Waals surface area contributed by atoms with Crippen molar-refractivity contribution in [1.82, 2.24) is 14.7 Å². The third kappa shape index (κ3) is 3.76. The van der Waals surface area contributed by atoms with Crippen molar-refractivity contribution >= 4 is 23.0 Å². The van der Waals surface area contributed by atoms with Gasteiger partial charge in [0.25, 0.3) is 11.8 Å². The third-order valence-corrected chi connectivity index (χ3v) is 4.55. The zero-order valence-electron chi connectivity index (χ0n) is 16.9. The van der Waals surface area contributed by atoms with E-state index in [-0.39, 0.29) is 35.3 Å². The molecule has 6 nitrogen and oxygen atoms in total. The van der Waals surface area contributed by atoms with Gasteiger partial charge in [-0.15, -0.1) is 0 Å². The highest BCUT2D eigenvalue weighted by molar-refractivity contribution is 6.09. The second kappa shape index (κ2) is 7.84. The molecule has 0 atom stereocenters. The Balaban J connectivity index is 2.03. The van der Waals surface area contributed by atoms with Gasteiger partial charge in [0.1, 0.15) is 0 Å². The number of amides is 2. The lowest BCUT2D eigenvalue weighted by Gasteiger charge is -2.16. The van der Waals surface area contributed by atoms with Crippen LogP contribution in [0.4, 0.5) is 5.69 Å². The lowest BCUT2D eigenvalue weighted by molar-refractivity contribution is 0.0932. The minimum Gasteiger partial charge on any atom is -0.347 e. The number of aromatic nitrogens is 2. The molecular weight excluding hydrogens is 352 g/mol. The quantitative estimate of drug-likeness (QED) is 0.700. The van der Waals surface area contributed by atoms with E-state index in [1.165, 1.54) is 0 Å². The van der Waals surface area contributed by atoms with E-state index in [0.717, 1.165) is 16.8 Å². The molecule has 0 radical (unpaired) electrons. The molecule has 0 unspecified atom stereocenters. The summed E-state index contributed by atoms with van der Waals surface area (Å²) in [5.41, 5.74) is 3.67. The number of aryl methyl sites for hydroxylation is 1. The van der Waals surface area contributed by atoms with Gasteiger partial charge in [-0.1, -0.05) is 38.1 Å². The van der Waals surface area contributed by atoms with E-state index in [0.29, 0.717) is 5.52 Å². The van der Waals surface area contributed by atoms with Crippen LogP contribution in [0.5, 0.6) is 0 Å². The molecule has 2 heterocycles. The Morgan fingerprint density at radius 3 is 2.43 bits per heavy atom. The molecule has 2 N–H and O–H groups in total. The SMILES string of the molecule is Cc1cccc(C(C)C)c1NC(=O)c1nc(C(=O)NC(C)C)n2ccccc12. The lowest BCUT2D eigenvalue weighted by Crippen LogP contribution is -2.31. The first-order chi connectivity index (χ1) is 13.3. The van der Waals surface area contributed by atoms with E-state index in [1.807, 2.05) is 45.0 Å². The average Bonchev–Trinajstić information content (AvgIpc) is 3.02. The zero-order chi connectivity index (χ0) is 20.4. The molecule has 2 amide bonds. The molecule has 1 aromatic carbocycles. The number of nitrogens with one attached hydrogen (secondary N) is 2. The van der Waals surface area contributed by atoms with Crippen LogP contribution < -0.4 is 10.6 Å². The molecule has 3 aromatic rings. The Morgan fingerprint density at radius 1 is 1.00 bits per heavy atom. The second-order valence-electron chi connectivity index (χ2n) is 7.52. The smallest absolute Gasteiger partial charge is 0.287 e. The maximum Gasteiger partial charge on any atom is 0.287 e. The van der Waals surface area contributed by atoms with Gasteiger partial charge < -0.3 is 10.6 Å². The van der Waals surface area contributed by atoms with Crippen LogP contribution in [-0.4, -0.2) is 27.2 Å². The molecule has 6 heteroatoms. The van der Waals surface area contributed by atoms with Crippen LogP contribution in [0.1, 0.15) is 65.8 Å². The molecule has 0 saturated heterocycles. The highest BCUT2D eigenvalue weighted by Gasteiger charge is 2.23. The van der Waals surface area contributed by atoms with Crippen LogP contribution in [0.25, 0.3) is 5.52 Å². The largest absolute Gasteiger partial charge is 0.347 e. The number of imidazole rings is 1. The summed E-state index contributed by atoms with van der Waals surface area (Å²) in [4.78, 5) is 30.0. The molecule has 3 rings (SSSR count). The Labute approximate surface area is 165 Å². The Kier molecular flexibility index (Phi) is 5.49. The van der Waals surface area contributed by atoms with E-state index in [2.05, 4.69) is 29.5 Å². The Hall–Kier alpha value is -3.15. The molecule has 0 aliphatic carbocycles. The molecular formula is C22H26N4O2. The van der Waals surface area contributed by atoms with Crippen molar-refractivity contribution in [3.05, 3.63) is 65.2 Å². The summed E-state index contributed by atoms with van der Waals surface area (Å²) in [6.07, 6.45) is 1.74. The van der Waals surface area contributed by atoms with Crippen LogP contribution in [0.15, 0.2) is 42.6 Å². The van der Waals surface area contributed by atoms with Gasteiger partial charge in [0.15, 0.2) is 5.69 Å². The van der Waals surface area contributed by atoms with E-state index in [9.17, 15) is 9.59 Å². The maximum atomic E-state index is 13.1. The van der Waals surface area contributed by atoms with Crippen molar-refractivity contribution in [2.75, 3.05) is 5.32 Å². The number of nitrogens with zero attached hydrogens (tertiary/aromatic N) is 2. The van der Waals surface area contributed by atoms with Gasteiger partial charge in [-0.2, -0.15) is 0 Å². The lowest BCUT2D eigenvalue weighted by atomic mass is 9.98. The monoisotopic (exact) mass is 378 g/mol. The summed E-state index contributed by atoms with van der Waals surface area (Å²) in [6, 6.07) is 11.4. The van der Waals surface area contributed by atoms with Gasteiger partial charge in [0.2, 0.25) is 5.82 Å². The predicted octanol–water partition coefficient (Wildman–Crippen LogP) is 4.16. The van der Waals surface area contributed by atoms with Crippen LogP contribution in [0, 0.1) is 6.92 Å². The number of fused-ring (bicyclic) bond motifs is 1. The third-order valence-electron chi connectivity index (χ3n) is 4.55. The fourth-order valence-corrected chi connectivity index (χ4v) is 3.21. The maximum absolute atomic E-state index is 13.1. The summed E-state index contributed by atoms with van der Waals surface area (Å²) in [6.45, 7) is 9.91. The van der Waals surface area contributed by atoms with E-state index in [4.69, 9.17) is 0 Å². The molecule has 0 aliphatic rings. The number of pyridine rings is 1. The molecule has 0 saturated carbocycles. The number of benzene rings is 1. The van der Waals surface area contributed by atoms with Gasteiger partial charge in [0, 0.05) is 17.9 Å². The topological polar surface area (TPSA) is 75.5 Å². The predicted molar refractivity (Wildman–Crippen MR) is 111 cm³/mol. The van der Waals surface area contributed by atoms with Crippen LogP contribution in [-0.2, 0) is 0 Å². The fraction of sp³-hybridized carbons (Fsp3) is 0.318. The first kappa shape index (κ1) is 19.6. The summed E-state index contributed by atoms with van der Waals surface area (Å²) in [5, 5.41) is 5.85. The number of carbonyl (C=O) groups is 2. The van der Waals surface area contributed by atoms with Gasteiger partial charge in [-0.25, -0.2) is 4.98 Å². The molecule has 0 fully saturated rings. The van der Waals surface area contributed by atoms with Crippen molar-refractivity contribution in [3.63, 3.8) is 0 Å². The normalized spacial score (nSPS) is 11.2. The summed E-state index contributed by atoms with van der Waals surface area (Å²) in [7, 11) is 0. The van der Waals surface area contributed by atoms with Crippen molar-refractivity contribution < 1.29 is 9.59 Å². The molecule has 0 bridgehead atoms. The van der Waals surface area contributed by atoms with Gasteiger partial charge in [-0.3, -0.25) is 14.0 Å². The van der Waals surface area contributed by atoms with E-state index < -0.39 is 0 Å². The van der Waals surface area contributed by atoms with E-state index in [1.54, 1.807) is 22.7 Å². The number of para-hydroxylation sites is 1. The van der Waals surface area contributed by atoms with Crippen molar-refractivity contribution in [2.45, 2.75) is 46.6 Å². The minimum absolute atomic E-state index is 0.0265. The Bertz CT molecular complexity index is 1030. The fourth-order valence-electron chi connectivity index (χ4n) is 3.21. The first-order valence-corrected chi connectivity index (χ1v) is 9.48. The van der Waals surface area contributed by atoms with Crippen LogP contribution in [0.3, 0.4) is 0 Å². The van der Waals surface area contributed by atoms with E-state index >= 15 is 0 Å². The Morgan fingerprint density at radius 2 is 1.75 bits per heavy atom. The number of hydrogen-bond acceptors (Lipinski definition) is 3. The number of rotatable bonds is 5. The van der Waals surface area contributed by atoms with Gasteiger partial charge in [0.05, 0.1) is 5.52 Å². The van der Waals surface area contributed by atoms with Gasteiger partial charge >= 0.3 is 0 Å². The zero-order valence-corrected chi connectivity index (χ0v) is 16.9. The van der Waals surface area contributed by atoms with Crippen molar-refractivity contribution in [2.24, 2.45) is 0 Å².